The number of nitrogens with one attached hydrogen (secondary N) is 1. The summed E-state index contributed by atoms with van der Waals surface area (Å²) >= 11 is 0. The molecular weight excluding hydrogens is 384 g/mol. The molecule has 30 heavy (non-hydrogen) atoms. The van der Waals surface area contributed by atoms with Gasteiger partial charge in [0.15, 0.2) is 11.5 Å². The number of ether oxygens (including phenoxy) is 3. The van der Waals surface area contributed by atoms with Gasteiger partial charge in [0.05, 0.1) is 38.4 Å². The van der Waals surface area contributed by atoms with Crippen molar-refractivity contribution in [1.29, 1.82) is 0 Å². The number of carbonyl (C=O) groups excluding carboxylic acids is 1. The van der Waals surface area contributed by atoms with Crippen molar-refractivity contribution in [2.75, 3.05) is 27.4 Å². The van der Waals surface area contributed by atoms with Gasteiger partial charge in [0.25, 0.3) is 0 Å². The van der Waals surface area contributed by atoms with E-state index in [1.807, 2.05) is 35.9 Å². The molecule has 1 aliphatic rings. The number of benzene rings is 1. The SMILES string of the molecule is COc1ccc(-c2cc3ncn(C)c3c(OCCC[C@H]3CNC(=O)C3)n2)cc1OC. The van der Waals surface area contributed by atoms with Crippen molar-refractivity contribution in [3.63, 3.8) is 0 Å². The van der Waals surface area contributed by atoms with Crippen LogP contribution in [0.25, 0.3) is 22.3 Å². The highest BCUT2D eigenvalue weighted by molar-refractivity contribution is 5.84. The fourth-order valence-electron chi connectivity index (χ4n) is 3.79. The smallest absolute Gasteiger partial charge is 0.240 e. The second kappa shape index (κ2) is 8.61. The molecule has 1 aliphatic heterocycles. The van der Waals surface area contributed by atoms with E-state index in [0.717, 1.165) is 41.7 Å². The fourth-order valence-corrected chi connectivity index (χ4v) is 3.79. The van der Waals surface area contributed by atoms with Gasteiger partial charge >= 0.3 is 0 Å². The third-order valence-electron chi connectivity index (χ3n) is 5.40. The Bertz CT molecular complexity index is 1060. The number of rotatable bonds is 8. The van der Waals surface area contributed by atoms with E-state index in [2.05, 4.69) is 10.3 Å². The normalized spacial score (nSPS) is 16.0. The lowest BCUT2D eigenvalue weighted by Crippen LogP contribution is -2.14. The summed E-state index contributed by atoms with van der Waals surface area (Å²) in [5.41, 5.74) is 3.32. The lowest BCUT2D eigenvalue weighted by molar-refractivity contribution is -0.119. The molecule has 1 N–H and O–H groups in total. The predicted molar refractivity (Wildman–Crippen MR) is 113 cm³/mol. The molecule has 0 saturated carbocycles. The summed E-state index contributed by atoms with van der Waals surface area (Å²) < 4.78 is 18.7. The van der Waals surface area contributed by atoms with E-state index in [4.69, 9.17) is 19.2 Å². The zero-order valence-electron chi connectivity index (χ0n) is 17.5. The van der Waals surface area contributed by atoms with Crippen molar-refractivity contribution in [2.45, 2.75) is 19.3 Å². The van der Waals surface area contributed by atoms with Crippen molar-refractivity contribution >= 4 is 16.9 Å². The molecule has 1 saturated heterocycles. The Hall–Kier alpha value is -3.29. The van der Waals surface area contributed by atoms with Gasteiger partial charge in [-0.15, -0.1) is 0 Å². The first-order valence-corrected chi connectivity index (χ1v) is 10.0. The maximum Gasteiger partial charge on any atom is 0.240 e. The van der Waals surface area contributed by atoms with Gasteiger partial charge in [-0.2, -0.15) is 0 Å². The van der Waals surface area contributed by atoms with Crippen molar-refractivity contribution < 1.29 is 19.0 Å². The number of carbonyl (C=O) groups is 1. The number of nitrogens with zero attached hydrogens (tertiary/aromatic N) is 3. The molecule has 1 aromatic carbocycles. The van der Waals surface area contributed by atoms with Crippen molar-refractivity contribution in [3.05, 3.63) is 30.6 Å². The van der Waals surface area contributed by atoms with Crippen LogP contribution in [0.4, 0.5) is 0 Å². The number of hydrogen-bond donors (Lipinski definition) is 1. The lowest BCUT2D eigenvalue weighted by Gasteiger charge is -2.12. The van der Waals surface area contributed by atoms with Gasteiger partial charge in [-0.25, -0.2) is 9.97 Å². The fraction of sp³-hybridized carbons (Fsp3) is 0.409. The van der Waals surface area contributed by atoms with Crippen LogP contribution >= 0.6 is 0 Å². The third-order valence-corrected chi connectivity index (χ3v) is 5.40. The van der Waals surface area contributed by atoms with Crippen LogP contribution in [-0.4, -0.2) is 47.8 Å². The number of hydrogen-bond acceptors (Lipinski definition) is 6. The second-order valence-electron chi connectivity index (χ2n) is 7.47. The number of amides is 1. The van der Waals surface area contributed by atoms with Gasteiger partial charge in [0.2, 0.25) is 11.8 Å². The summed E-state index contributed by atoms with van der Waals surface area (Å²) in [6.45, 7) is 1.30. The minimum Gasteiger partial charge on any atom is -0.493 e. The number of pyridine rings is 1. The van der Waals surface area contributed by atoms with Crippen LogP contribution in [0.2, 0.25) is 0 Å². The average molecular weight is 410 g/mol. The van der Waals surface area contributed by atoms with Crippen molar-refractivity contribution in [1.82, 2.24) is 19.9 Å². The molecular formula is C22H26N4O4. The molecule has 1 amide bonds. The van der Waals surface area contributed by atoms with Gasteiger partial charge in [0.1, 0.15) is 5.52 Å². The zero-order valence-corrected chi connectivity index (χ0v) is 17.5. The molecule has 1 fully saturated rings. The van der Waals surface area contributed by atoms with E-state index in [1.54, 1.807) is 20.5 Å². The van der Waals surface area contributed by atoms with Crippen LogP contribution in [0.3, 0.4) is 0 Å². The minimum absolute atomic E-state index is 0.141. The molecule has 0 unspecified atom stereocenters. The highest BCUT2D eigenvalue weighted by Crippen LogP contribution is 2.34. The molecule has 4 rings (SSSR count). The van der Waals surface area contributed by atoms with E-state index in [1.165, 1.54) is 0 Å². The zero-order chi connectivity index (χ0) is 21.1. The molecule has 3 heterocycles. The van der Waals surface area contributed by atoms with Crippen molar-refractivity contribution in [2.24, 2.45) is 13.0 Å². The van der Waals surface area contributed by atoms with Crippen molar-refractivity contribution in [3.8, 4) is 28.6 Å². The number of methoxy groups -OCH3 is 2. The van der Waals surface area contributed by atoms with E-state index in [9.17, 15) is 4.79 Å². The minimum atomic E-state index is 0.141. The largest absolute Gasteiger partial charge is 0.493 e. The average Bonchev–Trinajstić information content (AvgIpc) is 3.35. The number of aryl methyl sites for hydroxylation is 1. The monoisotopic (exact) mass is 410 g/mol. The third kappa shape index (κ3) is 4.03. The Balaban J connectivity index is 1.56. The van der Waals surface area contributed by atoms with Crippen LogP contribution in [-0.2, 0) is 11.8 Å². The van der Waals surface area contributed by atoms with Gasteiger partial charge in [0, 0.05) is 25.6 Å². The van der Waals surface area contributed by atoms with Gasteiger partial charge in [-0.1, -0.05) is 0 Å². The highest BCUT2D eigenvalue weighted by atomic mass is 16.5. The van der Waals surface area contributed by atoms with Crippen LogP contribution in [0, 0.1) is 5.92 Å². The van der Waals surface area contributed by atoms with Gasteiger partial charge < -0.3 is 24.1 Å². The van der Waals surface area contributed by atoms with Gasteiger partial charge in [-0.05, 0) is 43.0 Å². The first kappa shape index (κ1) is 20.0. The summed E-state index contributed by atoms with van der Waals surface area (Å²) in [7, 11) is 5.15. The Morgan fingerprint density at radius 1 is 1.20 bits per heavy atom. The van der Waals surface area contributed by atoms with E-state index >= 15 is 0 Å². The van der Waals surface area contributed by atoms with Crippen LogP contribution in [0.5, 0.6) is 17.4 Å². The number of aromatic nitrogens is 3. The summed E-state index contributed by atoms with van der Waals surface area (Å²) in [5.74, 6) is 2.39. The summed E-state index contributed by atoms with van der Waals surface area (Å²) in [6.07, 6.45) is 4.18. The second-order valence-corrected chi connectivity index (χ2v) is 7.47. The van der Waals surface area contributed by atoms with E-state index in [0.29, 0.717) is 36.3 Å². The Labute approximate surface area is 175 Å². The number of imidazole rings is 1. The van der Waals surface area contributed by atoms with Crippen LogP contribution < -0.4 is 19.5 Å². The summed E-state index contributed by atoms with van der Waals surface area (Å²) in [6, 6.07) is 7.63. The molecule has 0 spiro atoms. The highest BCUT2D eigenvalue weighted by Gasteiger charge is 2.21. The van der Waals surface area contributed by atoms with Gasteiger partial charge in [-0.3, -0.25) is 4.79 Å². The Morgan fingerprint density at radius 3 is 2.77 bits per heavy atom. The van der Waals surface area contributed by atoms with E-state index in [-0.39, 0.29) is 5.91 Å². The lowest BCUT2D eigenvalue weighted by atomic mass is 10.0. The molecule has 0 aliphatic carbocycles. The number of fused-ring (bicyclic) bond motifs is 1. The molecule has 0 bridgehead atoms. The molecule has 8 heteroatoms. The summed E-state index contributed by atoms with van der Waals surface area (Å²) in [5, 5.41) is 2.88. The molecule has 2 aromatic heterocycles. The maximum atomic E-state index is 11.3. The van der Waals surface area contributed by atoms with E-state index < -0.39 is 0 Å². The molecule has 1 atom stereocenters. The molecule has 3 aromatic rings. The topological polar surface area (TPSA) is 87.5 Å². The van der Waals surface area contributed by atoms with Crippen LogP contribution in [0.15, 0.2) is 30.6 Å². The predicted octanol–water partition coefficient (Wildman–Crippen LogP) is 2.95. The Morgan fingerprint density at radius 2 is 2.03 bits per heavy atom. The molecule has 0 radical (unpaired) electrons. The molecule has 8 nitrogen and oxygen atoms in total. The quantitative estimate of drug-likeness (QED) is 0.575. The first-order chi connectivity index (χ1) is 14.6. The Kier molecular flexibility index (Phi) is 5.74. The first-order valence-electron chi connectivity index (χ1n) is 10.0. The van der Waals surface area contributed by atoms with Crippen LogP contribution in [0.1, 0.15) is 19.3 Å². The summed E-state index contributed by atoms with van der Waals surface area (Å²) in [4.78, 5) is 20.6. The maximum absolute atomic E-state index is 11.3. The molecule has 158 valence electrons. The standard InChI is InChI=1S/C22H26N4O4/c1-26-13-24-17-11-16(15-6-7-18(28-2)19(10-15)29-3)25-22(21(17)26)30-8-4-5-14-9-20(27)23-12-14/h6-7,10-11,13-14H,4-5,8-9,12H2,1-3H3,(H,23,27)/t14-/m1/s1.